The minimum absolute atomic E-state index is 0.917. The molecule has 1 unspecified atom stereocenters. The first-order valence-electron chi connectivity index (χ1n) is 5.87. The Bertz CT molecular complexity index is 120. The van der Waals surface area contributed by atoms with Crippen LogP contribution in [-0.2, 0) is 0 Å². The van der Waals surface area contributed by atoms with E-state index in [0.717, 1.165) is 11.8 Å². The lowest BCUT2D eigenvalue weighted by molar-refractivity contribution is 0.313. The van der Waals surface area contributed by atoms with Gasteiger partial charge in [0.25, 0.3) is 0 Å². The number of unbranched alkanes of at least 4 members (excludes halogenated alkanes) is 1. The standard InChI is InChI=1S/C13H26/c1-5-8-9-10-11-12(4)13(6-2)7-3/h5,8,12-13H,6-7,9-11H2,1-4H3. The molecule has 0 aliphatic rings. The SMILES string of the molecule is CC=CCCCC(C)C(CC)CC. The second-order valence-electron chi connectivity index (χ2n) is 4.05. The van der Waals surface area contributed by atoms with Gasteiger partial charge in [-0.2, -0.15) is 0 Å². The lowest BCUT2D eigenvalue weighted by Crippen LogP contribution is -2.09. The van der Waals surface area contributed by atoms with E-state index in [1.165, 1.54) is 32.1 Å². The molecule has 13 heavy (non-hydrogen) atoms. The van der Waals surface area contributed by atoms with Crippen molar-refractivity contribution in [3.63, 3.8) is 0 Å². The zero-order chi connectivity index (χ0) is 10.1. The molecule has 0 spiro atoms. The molecule has 0 N–H and O–H groups in total. The van der Waals surface area contributed by atoms with Gasteiger partial charge in [0.2, 0.25) is 0 Å². The smallest absolute Gasteiger partial charge is 0.0351 e. The molecule has 0 amide bonds. The molecule has 1 atom stereocenters. The number of hydrogen-bond acceptors (Lipinski definition) is 0. The normalized spacial score (nSPS) is 14.2. The van der Waals surface area contributed by atoms with Crippen LogP contribution in [0.4, 0.5) is 0 Å². The first-order valence-corrected chi connectivity index (χ1v) is 5.87. The summed E-state index contributed by atoms with van der Waals surface area (Å²) in [4.78, 5) is 0. The molecule has 0 radical (unpaired) electrons. The lowest BCUT2D eigenvalue weighted by atomic mass is 9.86. The summed E-state index contributed by atoms with van der Waals surface area (Å²) in [6.07, 6.45) is 11.2. The molecule has 0 heterocycles. The minimum Gasteiger partial charge on any atom is -0.0917 e. The third kappa shape index (κ3) is 5.90. The summed E-state index contributed by atoms with van der Waals surface area (Å²) in [5.74, 6) is 1.87. The minimum atomic E-state index is 0.917. The summed E-state index contributed by atoms with van der Waals surface area (Å²) in [6.45, 7) is 9.14. The number of rotatable bonds is 7. The molecule has 0 bridgehead atoms. The molecule has 0 aromatic carbocycles. The Morgan fingerprint density at radius 3 is 2.23 bits per heavy atom. The summed E-state index contributed by atoms with van der Waals surface area (Å²) in [7, 11) is 0. The van der Waals surface area contributed by atoms with Gasteiger partial charge in [-0.3, -0.25) is 0 Å². The Kier molecular flexibility index (Phi) is 8.18. The van der Waals surface area contributed by atoms with Crippen LogP contribution in [0.1, 0.15) is 59.8 Å². The van der Waals surface area contributed by atoms with E-state index in [2.05, 4.69) is 39.8 Å². The van der Waals surface area contributed by atoms with Crippen molar-refractivity contribution < 1.29 is 0 Å². The van der Waals surface area contributed by atoms with Crippen LogP contribution in [0.15, 0.2) is 12.2 Å². The van der Waals surface area contributed by atoms with E-state index >= 15 is 0 Å². The van der Waals surface area contributed by atoms with Crippen molar-refractivity contribution in [1.29, 1.82) is 0 Å². The molecule has 0 saturated carbocycles. The summed E-state index contributed by atoms with van der Waals surface area (Å²) in [5, 5.41) is 0. The fourth-order valence-corrected chi connectivity index (χ4v) is 2.05. The fraction of sp³-hybridized carbons (Fsp3) is 0.846. The van der Waals surface area contributed by atoms with Crippen molar-refractivity contribution in [1.82, 2.24) is 0 Å². The van der Waals surface area contributed by atoms with Gasteiger partial charge in [-0.05, 0) is 31.6 Å². The average Bonchev–Trinajstić information content (AvgIpc) is 2.14. The number of hydrogen-bond donors (Lipinski definition) is 0. The van der Waals surface area contributed by atoms with Crippen LogP contribution in [0, 0.1) is 11.8 Å². The molecular formula is C13H26. The van der Waals surface area contributed by atoms with E-state index in [1.807, 2.05) is 0 Å². The summed E-state index contributed by atoms with van der Waals surface area (Å²) >= 11 is 0. The maximum absolute atomic E-state index is 2.41. The molecule has 0 aliphatic carbocycles. The molecular weight excluding hydrogens is 156 g/mol. The second kappa shape index (κ2) is 8.34. The van der Waals surface area contributed by atoms with Crippen LogP contribution in [0.3, 0.4) is 0 Å². The molecule has 0 aliphatic heterocycles. The lowest BCUT2D eigenvalue weighted by Gasteiger charge is -2.20. The van der Waals surface area contributed by atoms with Crippen molar-refractivity contribution >= 4 is 0 Å². The first-order chi connectivity index (χ1) is 6.26. The van der Waals surface area contributed by atoms with Gasteiger partial charge in [-0.25, -0.2) is 0 Å². The predicted molar refractivity (Wildman–Crippen MR) is 61.9 cm³/mol. The van der Waals surface area contributed by atoms with Crippen molar-refractivity contribution in [2.75, 3.05) is 0 Å². The van der Waals surface area contributed by atoms with Crippen molar-refractivity contribution in [2.45, 2.75) is 59.8 Å². The van der Waals surface area contributed by atoms with Gasteiger partial charge in [0, 0.05) is 0 Å². The van der Waals surface area contributed by atoms with Gasteiger partial charge in [0.1, 0.15) is 0 Å². The maximum atomic E-state index is 2.41. The van der Waals surface area contributed by atoms with Crippen molar-refractivity contribution in [3.05, 3.63) is 12.2 Å². The molecule has 0 aromatic rings. The zero-order valence-corrected chi connectivity index (χ0v) is 9.84. The molecule has 0 heteroatoms. The Balaban J connectivity index is 3.53. The quantitative estimate of drug-likeness (QED) is 0.392. The predicted octanol–water partition coefficient (Wildman–Crippen LogP) is 4.81. The van der Waals surface area contributed by atoms with Crippen molar-refractivity contribution in [2.24, 2.45) is 11.8 Å². The topological polar surface area (TPSA) is 0 Å². The van der Waals surface area contributed by atoms with E-state index in [9.17, 15) is 0 Å². The Hall–Kier alpha value is -0.260. The van der Waals surface area contributed by atoms with Crippen LogP contribution in [0.5, 0.6) is 0 Å². The van der Waals surface area contributed by atoms with Gasteiger partial charge in [0.15, 0.2) is 0 Å². The van der Waals surface area contributed by atoms with E-state index in [1.54, 1.807) is 0 Å². The van der Waals surface area contributed by atoms with E-state index in [4.69, 9.17) is 0 Å². The largest absolute Gasteiger partial charge is 0.0917 e. The monoisotopic (exact) mass is 182 g/mol. The molecule has 78 valence electrons. The highest BCUT2D eigenvalue weighted by atomic mass is 14.2. The molecule has 0 saturated heterocycles. The zero-order valence-electron chi connectivity index (χ0n) is 9.84. The van der Waals surface area contributed by atoms with Crippen molar-refractivity contribution in [3.8, 4) is 0 Å². The first kappa shape index (κ1) is 12.7. The van der Waals surface area contributed by atoms with E-state index < -0.39 is 0 Å². The third-order valence-electron chi connectivity index (χ3n) is 3.12. The average molecular weight is 182 g/mol. The van der Waals surface area contributed by atoms with Crippen LogP contribution in [0.25, 0.3) is 0 Å². The second-order valence-corrected chi connectivity index (χ2v) is 4.05. The highest BCUT2D eigenvalue weighted by Crippen LogP contribution is 2.23. The van der Waals surface area contributed by atoms with Gasteiger partial charge in [-0.15, -0.1) is 0 Å². The van der Waals surface area contributed by atoms with Gasteiger partial charge >= 0.3 is 0 Å². The van der Waals surface area contributed by atoms with Crippen LogP contribution < -0.4 is 0 Å². The van der Waals surface area contributed by atoms with E-state index in [-0.39, 0.29) is 0 Å². The van der Waals surface area contributed by atoms with Gasteiger partial charge < -0.3 is 0 Å². The van der Waals surface area contributed by atoms with Crippen LogP contribution in [-0.4, -0.2) is 0 Å². The van der Waals surface area contributed by atoms with Gasteiger partial charge in [-0.1, -0.05) is 52.2 Å². The molecule has 0 aromatic heterocycles. The van der Waals surface area contributed by atoms with Gasteiger partial charge in [0.05, 0.1) is 0 Å². The fourth-order valence-electron chi connectivity index (χ4n) is 2.05. The summed E-state index contributed by atoms with van der Waals surface area (Å²) in [5.41, 5.74) is 0. The number of allylic oxidation sites excluding steroid dienone is 2. The molecule has 0 fully saturated rings. The third-order valence-corrected chi connectivity index (χ3v) is 3.12. The Morgan fingerprint density at radius 2 is 1.77 bits per heavy atom. The molecule has 0 nitrogen and oxygen atoms in total. The van der Waals surface area contributed by atoms with Crippen LogP contribution in [0.2, 0.25) is 0 Å². The van der Waals surface area contributed by atoms with E-state index in [0.29, 0.717) is 0 Å². The summed E-state index contributed by atoms with van der Waals surface area (Å²) < 4.78 is 0. The van der Waals surface area contributed by atoms with Crippen LogP contribution >= 0.6 is 0 Å². The Labute approximate surface area is 84.4 Å². The highest BCUT2D eigenvalue weighted by Gasteiger charge is 2.11. The highest BCUT2D eigenvalue weighted by molar-refractivity contribution is 4.77. The Morgan fingerprint density at radius 1 is 1.15 bits per heavy atom. The maximum Gasteiger partial charge on any atom is -0.0351 e. The summed E-state index contributed by atoms with van der Waals surface area (Å²) in [6, 6.07) is 0. The molecule has 0 rings (SSSR count).